The maximum Gasteiger partial charge on any atom is 0.267 e. The molecule has 1 aromatic rings. The first kappa shape index (κ1) is 16.0. The number of aryl methyl sites for hydroxylation is 1. The molecule has 0 saturated carbocycles. The summed E-state index contributed by atoms with van der Waals surface area (Å²) in [5.74, 6) is -0.312. The third kappa shape index (κ3) is 3.84. The number of sulfonamides is 1. The van der Waals surface area contributed by atoms with Crippen molar-refractivity contribution in [1.29, 1.82) is 0 Å². The highest BCUT2D eigenvalue weighted by Crippen LogP contribution is 2.14. The molecule has 1 aromatic heterocycles. The standard InChI is InChI=1S/C13H22N4O3S/c1-14-13(18)12-7-11(9-17(12)2)21(19,20)16-8-10-5-3-4-6-15-10/h7,9-10,15-16H,3-6,8H2,1-2H3,(H,14,18). The summed E-state index contributed by atoms with van der Waals surface area (Å²) < 4.78 is 28.6. The summed E-state index contributed by atoms with van der Waals surface area (Å²) in [7, 11) is -0.438. The van der Waals surface area contributed by atoms with Crippen molar-refractivity contribution in [2.24, 2.45) is 7.05 Å². The molecule has 7 nitrogen and oxygen atoms in total. The molecule has 21 heavy (non-hydrogen) atoms. The number of nitrogens with one attached hydrogen (secondary N) is 3. The number of carbonyl (C=O) groups excluding carboxylic acids is 1. The molecule has 2 rings (SSSR count). The van der Waals surface area contributed by atoms with Crippen molar-refractivity contribution in [2.45, 2.75) is 30.2 Å². The van der Waals surface area contributed by atoms with Gasteiger partial charge in [-0.15, -0.1) is 0 Å². The average Bonchev–Trinajstić information content (AvgIpc) is 2.88. The normalized spacial score (nSPS) is 19.4. The minimum Gasteiger partial charge on any atom is -0.354 e. The van der Waals surface area contributed by atoms with Crippen molar-refractivity contribution in [2.75, 3.05) is 20.1 Å². The molecule has 0 bridgehead atoms. The van der Waals surface area contributed by atoms with E-state index in [0.717, 1.165) is 25.8 Å². The summed E-state index contributed by atoms with van der Waals surface area (Å²) >= 11 is 0. The lowest BCUT2D eigenvalue weighted by Gasteiger charge is -2.23. The van der Waals surface area contributed by atoms with E-state index < -0.39 is 10.0 Å². The maximum absolute atomic E-state index is 12.3. The molecule has 118 valence electrons. The van der Waals surface area contributed by atoms with Crippen LogP contribution < -0.4 is 15.4 Å². The monoisotopic (exact) mass is 314 g/mol. The van der Waals surface area contributed by atoms with E-state index in [9.17, 15) is 13.2 Å². The Labute approximate surface area is 125 Å². The first-order chi connectivity index (χ1) is 9.94. The minimum atomic E-state index is -3.59. The lowest BCUT2D eigenvalue weighted by molar-refractivity contribution is 0.0955. The smallest absolute Gasteiger partial charge is 0.267 e. The maximum atomic E-state index is 12.3. The highest BCUT2D eigenvalue weighted by atomic mass is 32.2. The van der Waals surface area contributed by atoms with Crippen LogP contribution in [0.3, 0.4) is 0 Å². The fourth-order valence-electron chi connectivity index (χ4n) is 2.43. The van der Waals surface area contributed by atoms with E-state index >= 15 is 0 Å². The van der Waals surface area contributed by atoms with Crippen LogP contribution in [0.1, 0.15) is 29.8 Å². The molecule has 0 aromatic carbocycles. The van der Waals surface area contributed by atoms with Crippen LogP contribution in [0.25, 0.3) is 0 Å². The molecular weight excluding hydrogens is 292 g/mol. The van der Waals surface area contributed by atoms with Gasteiger partial charge in [-0.3, -0.25) is 4.79 Å². The molecule has 0 radical (unpaired) electrons. The third-order valence-electron chi connectivity index (χ3n) is 3.68. The van der Waals surface area contributed by atoms with Gasteiger partial charge in [0.05, 0.1) is 0 Å². The highest BCUT2D eigenvalue weighted by Gasteiger charge is 2.22. The Kier molecular flexibility index (Phi) is 5.02. The Balaban J connectivity index is 2.06. The summed E-state index contributed by atoms with van der Waals surface area (Å²) in [5.41, 5.74) is 0.314. The van der Waals surface area contributed by atoms with Crippen molar-refractivity contribution in [3.63, 3.8) is 0 Å². The van der Waals surface area contributed by atoms with E-state index in [0.29, 0.717) is 12.2 Å². The largest absolute Gasteiger partial charge is 0.354 e. The van der Waals surface area contributed by atoms with E-state index in [-0.39, 0.29) is 16.8 Å². The van der Waals surface area contributed by atoms with Crippen LogP contribution in [0.5, 0.6) is 0 Å². The van der Waals surface area contributed by atoms with Gasteiger partial charge >= 0.3 is 0 Å². The third-order valence-corrected chi connectivity index (χ3v) is 5.07. The molecule has 0 aliphatic carbocycles. The van der Waals surface area contributed by atoms with Crippen LogP contribution >= 0.6 is 0 Å². The van der Waals surface area contributed by atoms with Crippen LogP contribution in [-0.2, 0) is 17.1 Å². The average molecular weight is 314 g/mol. The van der Waals surface area contributed by atoms with Crippen molar-refractivity contribution in [1.82, 2.24) is 19.9 Å². The lowest BCUT2D eigenvalue weighted by Crippen LogP contribution is -2.43. The number of hydrogen-bond acceptors (Lipinski definition) is 4. The molecule has 1 aliphatic heterocycles. The lowest BCUT2D eigenvalue weighted by atomic mass is 10.1. The number of carbonyl (C=O) groups is 1. The Morgan fingerprint density at radius 3 is 2.86 bits per heavy atom. The summed E-state index contributed by atoms with van der Waals surface area (Å²) in [6.45, 7) is 1.30. The SMILES string of the molecule is CNC(=O)c1cc(S(=O)(=O)NCC2CCCCN2)cn1C. The van der Waals surface area contributed by atoms with E-state index in [4.69, 9.17) is 0 Å². The van der Waals surface area contributed by atoms with Gasteiger partial charge in [-0.2, -0.15) is 0 Å². The molecule has 1 saturated heterocycles. The summed E-state index contributed by atoms with van der Waals surface area (Å²) in [6.07, 6.45) is 4.67. The number of hydrogen-bond donors (Lipinski definition) is 3. The van der Waals surface area contributed by atoms with Crippen LogP contribution in [0.4, 0.5) is 0 Å². The Morgan fingerprint density at radius 1 is 1.48 bits per heavy atom. The molecule has 2 heterocycles. The first-order valence-corrected chi connectivity index (χ1v) is 8.54. The van der Waals surface area contributed by atoms with Crippen LogP contribution in [0.2, 0.25) is 0 Å². The van der Waals surface area contributed by atoms with Crippen molar-refractivity contribution >= 4 is 15.9 Å². The van der Waals surface area contributed by atoms with Gasteiger partial charge in [0, 0.05) is 32.9 Å². The number of nitrogens with zero attached hydrogens (tertiary/aromatic N) is 1. The van der Waals surface area contributed by atoms with Gasteiger partial charge in [0.15, 0.2) is 0 Å². The zero-order chi connectivity index (χ0) is 15.5. The zero-order valence-corrected chi connectivity index (χ0v) is 13.2. The van der Waals surface area contributed by atoms with E-state index in [1.165, 1.54) is 23.9 Å². The molecule has 1 aliphatic rings. The van der Waals surface area contributed by atoms with Crippen molar-refractivity contribution in [3.05, 3.63) is 18.0 Å². The summed E-state index contributed by atoms with van der Waals surface area (Å²) in [4.78, 5) is 11.7. The fraction of sp³-hybridized carbons (Fsp3) is 0.615. The van der Waals surface area contributed by atoms with Gasteiger partial charge in [0.25, 0.3) is 5.91 Å². The Bertz CT molecular complexity index is 603. The summed E-state index contributed by atoms with van der Waals surface area (Å²) in [5, 5.41) is 5.78. The Morgan fingerprint density at radius 2 is 2.24 bits per heavy atom. The van der Waals surface area contributed by atoms with Crippen LogP contribution in [0, 0.1) is 0 Å². The molecular formula is C13H22N4O3S. The van der Waals surface area contributed by atoms with Gasteiger partial charge in [-0.25, -0.2) is 13.1 Å². The van der Waals surface area contributed by atoms with Crippen LogP contribution in [0.15, 0.2) is 17.2 Å². The second-order valence-corrected chi connectivity index (χ2v) is 7.02. The predicted octanol–water partition coefficient (Wildman–Crippen LogP) is -0.195. The van der Waals surface area contributed by atoms with Gasteiger partial charge < -0.3 is 15.2 Å². The first-order valence-electron chi connectivity index (χ1n) is 7.05. The second kappa shape index (κ2) is 6.59. The molecule has 8 heteroatoms. The second-order valence-electron chi connectivity index (χ2n) is 5.25. The van der Waals surface area contributed by atoms with Crippen molar-refractivity contribution < 1.29 is 13.2 Å². The topological polar surface area (TPSA) is 92.2 Å². The molecule has 3 N–H and O–H groups in total. The molecule has 1 amide bonds. The van der Waals surface area contributed by atoms with Gasteiger partial charge in [-0.05, 0) is 25.5 Å². The van der Waals surface area contributed by atoms with Gasteiger partial charge in [0.1, 0.15) is 10.6 Å². The quantitative estimate of drug-likeness (QED) is 0.702. The van der Waals surface area contributed by atoms with E-state index in [1.807, 2.05) is 0 Å². The molecule has 0 spiro atoms. The number of aromatic nitrogens is 1. The number of rotatable bonds is 5. The molecule has 1 unspecified atom stereocenters. The molecule has 1 fully saturated rings. The van der Waals surface area contributed by atoms with E-state index in [1.54, 1.807) is 7.05 Å². The van der Waals surface area contributed by atoms with E-state index in [2.05, 4.69) is 15.4 Å². The molecule has 1 atom stereocenters. The number of amides is 1. The highest BCUT2D eigenvalue weighted by molar-refractivity contribution is 7.89. The predicted molar refractivity (Wildman–Crippen MR) is 79.6 cm³/mol. The van der Waals surface area contributed by atoms with Crippen molar-refractivity contribution in [3.8, 4) is 0 Å². The minimum absolute atomic E-state index is 0.111. The Hall–Kier alpha value is -1.38. The van der Waals surface area contributed by atoms with Gasteiger partial charge in [0.2, 0.25) is 10.0 Å². The number of piperidine rings is 1. The fourth-order valence-corrected chi connectivity index (χ4v) is 3.58. The summed E-state index contributed by atoms with van der Waals surface area (Å²) in [6, 6.07) is 1.56. The van der Waals surface area contributed by atoms with Crippen LogP contribution in [-0.4, -0.2) is 45.1 Å². The zero-order valence-electron chi connectivity index (χ0n) is 12.3. The van der Waals surface area contributed by atoms with Gasteiger partial charge in [-0.1, -0.05) is 6.42 Å².